The predicted molar refractivity (Wildman–Crippen MR) is 93.8 cm³/mol. The number of carbonyl (C=O) groups excluding carboxylic acids is 1. The number of rotatable bonds is 5. The average Bonchev–Trinajstić information content (AvgIpc) is 2.57. The van der Waals surface area contributed by atoms with Gasteiger partial charge in [-0.25, -0.2) is 14.7 Å². The van der Waals surface area contributed by atoms with Crippen molar-refractivity contribution in [1.29, 1.82) is 5.26 Å². The Hall–Kier alpha value is -2.29. The summed E-state index contributed by atoms with van der Waals surface area (Å²) < 4.78 is 5.28. The lowest BCUT2D eigenvalue weighted by Crippen LogP contribution is -2.28. The molecule has 0 N–H and O–H groups in total. The van der Waals surface area contributed by atoms with Gasteiger partial charge in [-0.05, 0) is 36.8 Å². The van der Waals surface area contributed by atoms with Gasteiger partial charge in [-0.3, -0.25) is 0 Å². The van der Waals surface area contributed by atoms with Crippen LogP contribution < -0.4 is 4.90 Å². The molecule has 124 valence electrons. The molecule has 0 atom stereocenters. The van der Waals surface area contributed by atoms with Crippen molar-refractivity contribution in [2.45, 2.75) is 19.8 Å². The highest BCUT2D eigenvalue weighted by atomic mass is 35.5. The third-order valence-corrected chi connectivity index (χ3v) is 3.76. The molecule has 2 aromatic rings. The fraction of sp³-hybridized carbons (Fsp3) is 0.235. The van der Waals surface area contributed by atoms with E-state index in [-0.39, 0.29) is 23.0 Å². The first-order valence-electron chi connectivity index (χ1n) is 7.35. The van der Waals surface area contributed by atoms with Crippen molar-refractivity contribution in [3.63, 3.8) is 0 Å². The van der Waals surface area contributed by atoms with Crippen molar-refractivity contribution in [1.82, 2.24) is 4.98 Å². The van der Waals surface area contributed by atoms with Gasteiger partial charge in [0, 0.05) is 11.2 Å². The van der Waals surface area contributed by atoms with Crippen molar-refractivity contribution >= 4 is 40.8 Å². The first-order chi connectivity index (χ1) is 11.6. The number of pyridine rings is 1. The van der Waals surface area contributed by atoms with Crippen molar-refractivity contribution in [3.8, 4) is 6.07 Å². The number of nitrogens with zero attached hydrogens (tertiary/aromatic N) is 3. The van der Waals surface area contributed by atoms with Crippen LogP contribution in [0.15, 0.2) is 36.5 Å². The summed E-state index contributed by atoms with van der Waals surface area (Å²) in [6.45, 7) is 2.28. The Morgan fingerprint density at radius 1 is 1.29 bits per heavy atom. The SMILES string of the molecule is CCCCOC(=O)N(c1ccc(Cl)cc1)c1nccc(Cl)c1C#N. The minimum atomic E-state index is -0.628. The molecule has 1 aromatic carbocycles. The number of amides is 1. The minimum Gasteiger partial charge on any atom is -0.449 e. The van der Waals surface area contributed by atoms with Gasteiger partial charge >= 0.3 is 6.09 Å². The number of hydrogen-bond acceptors (Lipinski definition) is 4. The van der Waals surface area contributed by atoms with Crippen molar-refractivity contribution in [2.24, 2.45) is 0 Å². The molecule has 0 aliphatic carbocycles. The summed E-state index contributed by atoms with van der Waals surface area (Å²) in [5, 5.41) is 10.1. The molecule has 0 radical (unpaired) electrons. The van der Waals surface area contributed by atoms with E-state index >= 15 is 0 Å². The maximum Gasteiger partial charge on any atom is 0.420 e. The first-order valence-corrected chi connectivity index (χ1v) is 8.11. The van der Waals surface area contributed by atoms with E-state index in [2.05, 4.69) is 4.98 Å². The molecule has 0 spiro atoms. The molecule has 0 aliphatic rings. The van der Waals surface area contributed by atoms with Gasteiger partial charge in [0.05, 0.1) is 17.3 Å². The Balaban J connectivity index is 2.47. The van der Waals surface area contributed by atoms with Crippen LogP contribution in [0.1, 0.15) is 25.3 Å². The highest BCUT2D eigenvalue weighted by Gasteiger charge is 2.25. The molecular weight excluding hydrogens is 349 g/mol. The lowest BCUT2D eigenvalue weighted by Gasteiger charge is -2.22. The third kappa shape index (κ3) is 4.16. The zero-order valence-corrected chi connectivity index (χ0v) is 14.5. The average molecular weight is 364 g/mol. The Kier molecular flexibility index (Phi) is 6.42. The predicted octanol–water partition coefficient (Wildman–Crippen LogP) is 5.33. The van der Waals surface area contributed by atoms with E-state index in [0.29, 0.717) is 10.7 Å². The van der Waals surface area contributed by atoms with Gasteiger partial charge in [0.2, 0.25) is 0 Å². The van der Waals surface area contributed by atoms with E-state index in [4.69, 9.17) is 27.9 Å². The number of nitriles is 1. The number of ether oxygens (including phenoxy) is 1. The molecule has 0 fully saturated rings. The van der Waals surface area contributed by atoms with Crippen LogP contribution in [0.5, 0.6) is 0 Å². The van der Waals surface area contributed by atoms with Crippen LogP contribution >= 0.6 is 23.2 Å². The second-order valence-corrected chi connectivity index (χ2v) is 5.73. The molecule has 0 aliphatic heterocycles. The van der Waals surface area contributed by atoms with Crippen LogP contribution in [0.2, 0.25) is 10.0 Å². The number of aromatic nitrogens is 1. The lowest BCUT2D eigenvalue weighted by molar-refractivity contribution is 0.154. The largest absolute Gasteiger partial charge is 0.449 e. The lowest BCUT2D eigenvalue weighted by atomic mass is 10.2. The van der Waals surface area contributed by atoms with E-state index in [1.165, 1.54) is 17.2 Å². The summed E-state index contributed by atoms with van der Waals surface area (Å²) in [5.74, 6) is 0.119. The van der Waals surface area contributed by atoms with Gasteiger partial charge in [-0.1, -0.05) is 36.5 Å². The molecule has 0 unspecified atom stereocenters. The minimum absolute atomic E-state index is 0.0987. The van der Waals surface area contributed by atoms with Crippen molar-refractivity contribution in [3.05, 3.63) is 52.1 Å². The fourth-order valence-corrected chi connectivity index (χ4v) is 2.28. The Morgan fingerprint density at radius 2 is 2.00 bits per heavy atom. The van der Waals surface area contributed by atoms with Gasteiger partial charge in [0.15, 0.2) is 5.82 Å². The van der Waals surface area contributed by atoms with Crippen LogP contribution in [0.25, 0.3) is 0 Å². The molecule has 2 rings (SSSR count). The van der Waals surface area contributed by atoms with Gasteiger partial charge in [0.25, 0.3) is 0 Å². The molecule has 0 saturated carbocycles. The quantitative estimate of drug-likeness (QED) is 0.672. The Labute approximate surface area is 150 Å². The van der Waals surface area contributed by atoms with E-state index in [9.17, 15) is 10.1 Å². The summed E-state index contributed by atoms with van der Waals surface area (Å²) in [6, 6.07) is 10.0. The maximum absolute atomic E-state index is 12.6. The summed E-state index contributed by atoms with van der Waals surface area (Å²) in [6.07, 6.45) is 2.44. The Morgan fingerprint density at radius 3 is 2.62 bits per heavy atom. The summed E-state index contributed by atoms with van der Waals surface area (Å²) >= 11 is 12.0. The zero-order valence-electron chi connectivity index (χ0n) is 13.0. The van der Waals surface area contributed by atoms with Gasteiger partial charge in [0.1, 0.15) is 11.6 Å². The highest BCUT2D eigenvalue weighted by Crippen LogP contribution is 2.31. The van der Waals surface area contributed by atoms with Crippen LogP contribution in [-0.4, -0.2) is 17.7 Å². The second-order valence-electron chi connectivity index (χ2n) is 4.88. The number of halogens is 2. The monoisotopic (exact) mass is 363 g/mol. The molecule has 24 heavy (non-hydrogen) atoms. The van der Waals surface area contributed by atoms with Gasteiger partial charge in [-0.2, -0.15) is 5.26 Å². The molecule has 0 bridgehead atoms. The summed E-state index contributed by atoms with van der Waals surface area (Å²) in [4.78, 5) is 17.9. The number of carbonyl (C=O) groups is 1. The number of benzene rings is 1. The van der Waals surface area contributed by atoms with Crippen molar-refractivity contribution in [2.75, 3.05) is 11.5 Å². The van der Waals surface area contributed by atoms with E-state index < -0.39 is 6.09 Å². The summed E-state index contributed by atoms with van der Waals surface area (Å²) in [5.41, 5.74) is 0.578. The van der Waals surface area contributed by atoms with E-state index in [1.807, 2.05) is 13.0 Å². The molecular formula is C17H15Cl2N3O2. The molecule has 1 amide bonds. The topological polar surface area (TPSA) is 66.2 Å². The van der Waals surface area contributed by atoms with E-state index in [1.54, 1.807) is 24.3 Å². The molecule has 5 nitrogen and oxygen atoms in total. The van der Waals surface area contributed by atoms with Gasteiger partial charge in [-0.15, -0.1) is 0 Å². The number of anilines is 2. The zero-order chi connectivity index (χ0) is 17.5. The normalized spacial score (nSPS) is 10.1. The molecule has 7 heteroatoms. The Bertz CT molecular complexity index is 757. The van der Waals surface area contributed by atoms with Crippen LogP contribution in [0, 0.1) is 11.3 Å². The number of hydrogen-bond donors (Lipinski definition) is 0. The standard InChI is InChI=1S/C17H15Cl2N3O2/c1-2-3-10-24-17(23)22(13-6-4-12(18)5-7-13)16-14(11-20)15(19)8-9-21-16/h4-9H,2-3,10H2,1H3. The third-order valence-electron chi connectivity index (χ3n) is 3.19. The maximum atomic E-state index is 12.6. The van der Waals surface area contributed by atoms with Crippen LogP contribution in [0.4, 0.5) is 16.3 Å². The number of unbranched alkanes of at least 4 members (excludes halogenated alkanes) is 1. The van der Waals surface area contributed by atoms with Crippen molar-refractivity contribution < 1.29 is 9.53 Å². The molecule has 0 saturated heterocycles. The molecule has 1 heterocycles. The molecule has 1 aromatic heterocycles. The smallest absolute Gasteiger partial charge is 0.420 e. The van der Waals surface area contributed by atoms with Gasteiger partial charge < -0.3 is 4.74 Å². The van der Waals surface area contributed by atoms with Crippen LogP contribution in [0.3, 0.4) is 0 Å². The first kappa shape index (κ1) is 18.1. The summed E-state index contributed by atoms with van der Waals surface area (Å²) in [7, 11) is 0. The fourth-order valence-electron chi connectivity index (χ4n) is 1.97. The highest BCUT2D eigenvalue weighted by molar-refractivity contribution is 6.32. The van der Waals surface area contributed by atoms with Crippen LogP contribution in [-0.2, 0) is 4.74 Å². The van der Waals surface area contributed by atoms with E-state index in [0.717, 1.165) is 12.8 Å². The second kappa shape index (κ2) is 8.53.